The molecular formula is C11H15N3O2. The highest BCUT2D eigenvalue weighted by Gasteiger charge is 2.23. The summed E-state index contributed by atoms with van der Waals surface area (Å²) in [5.41, 5.74) is 8.09. The number of carbonyl (C=O) groups is 1. The summed E-state index contributed by atoms with van der Waals surface area (Å²) >= 11 is 0. The van der Waals surface area contributed by atoms with Crippen LogP contribution in [0.1, 0.15) is 30.8 Å². The number of amides is 1. The first-order chi connectivity index (χ1) is 7.59. The Kier molecular flexibility index (Phi) is 2.78. The summed E-state index contributed by atoms with van der Waals surface area (Å²) < 4.78 is 0. The van der Waals surface area contributed by atoms with E-state index in [9.17, 15) is 4.79 Å². The number of pyridine rings is 1. The predicted octanol–water partition coefficient (Wildman–Crippen LogP) is 1.53. The molecule has 1 aromatic rings. The van der Waals surface area contributed by atoms with E-state index >= 15 is 0 Å². The third kappa shape index (κ3) is 1.86. The van der Waals surface area contributed by atoms with Gasteiger partial charge in [-0.2, -0.15) is 0 Å². The van der Waals surface area contributed by atoms with Crippen LogP contribution in [0.15, 0.2) is 12.1 Å². The lowest BCUT2D eigenvalue weighted by Crippen LogP contribution is -2.34. The molecule has 1 aliphatic heterocycles. The normalized spacial score (nSPS) is 16.8. The number of nitrogens with zero attached hydrogens (tertiary/aromatic N) is 2. The summed E-state index contributed by atoms with van der Waals surface area (Å²) in [6.45, 7) is 2.41. The van der Waals surface area contributed by atoms with Crippen LogP contribution in [0.4, 0.5) is 10.5 Å². The number of nitrogens with two attached hydrogens (primary N) is 1. The van der Waals surface area contributed by atoms with Crippen molar-refractivity contribution in [3.8, 4) is 0 Å². The van der Waals surface area contributed by atoms with Crippen LogP contribution in [0, 0.1) is 0 Å². The number of aryl methyl sites for hydroxylation is 1. The van der Waals surface area contributed by atoms with Crippen LogP contribution in [0.3, 0.4) is 0 Å². The van der Waals surface area contributed by atoms with E-state index in [2.05, 4.69) is 4.98 Å². The van der Waals surface area contributed by atoms with E-state index in [4.69, 9.17) is 10.8 Å². The molecule has 0 aromatic carbocycles. The second kappa shape index (κ2) is 4.09. The van der Waals surface area contributed by atoms with Crippen molar-refractivity contribution in [2.45, 2.75) is 25.8 Å². The first kappa shape index (κ1) is 10.9. The highest BCUT2D eigenvalue weighted by molar-refractivity contribution is 5.87. The lowest BCUT2D eigenvalue weighted by molar-refractivity contribution is 0.201. The molecule has 0 spiro atoms. The van der Waals surface area contributed by atoms with Crippen LogP contribution in [0.25, 0.3) is 0 Å². The van der Waals surface area contributed by atoms with Gasteiger partial charge < -0.3 is 10.8 Å². The predicted molar refractivity (Wildman–Crippen MR) is 60.5 cm³/mol. The lowest BCUT2D eigenvalue weighted by atomic mass is 10.1. The van der Waals surface area contributed by atoms with E-state index in [1.165, 1.54) is 4.90 Å². The number of carboxylic acid groups (broad SMARTS) is 1. The Balaban J connectivity index is 2.40. The number of fused-ring (bicyclic) bond motifs is 1. The SMILES string of the molecule is CC(N)c1ccc2c(n1)CCCN2C(=O)O. The highest BCUT2D eigenvalue weighted by atomic mass is 16.4. The third-order valence-electron chi connectivity index (χ3n) is 2.76. The van der Waals surface area contributed by atoms with E-state index in [-0.39, 0.29) is 6.04 Å². The molecule has 3 N–H and O–H groups in total. The molecule has 16 heavy (non-hydrogen) atoms. The van der Waals surface area contributed by atoms with Gasteiger partial charge in [-0.1, -0.05) is 0 Å². The zero-order valence-electron chi connectivity index (χ0n) is 9.18. The minimum atomic E-state index is -0.920. The van der Waals surface area contributed by atoms with Gasteiger partial charge in [0, 0.05) is 12.6 Å². The molecule has 0 fully saturated rings. The Labute approximate surface area is 93.9 Å². The fourth-order valence-electron chi connectivity index (χ4n) is 1.92. The molecular weight excluding hydrogens is 206 g/mol. The Hall–Kier alpha value is -1.62. The van der Waals surface area contributed by atoms with Crippen molar-refractivity contribution >= 4 is 11.8 Å². The number of hydrogen-bond donors (Lipinski definition) is 2. The van der Waals surface area contributed by atoms with Crippen molar-refractivity contribution in [3.63, 3.8) is 0 Å². The molecule has 1 aliphatic rings. The molecule has 0 saturated carbocycles. The van der Waals surface area contributed by atoms with E-state index in [0.29, 0.717) is 12.2 Å². The van der Waals surface area contributed by atoms with Gasteiger partial charge in [-0.3, -0.25) is 9.88 Å². The second-order valence-electron chi connectivity index (χ2n) is 4.03. The van der Waals surface area contributed by atoms with E-state index in [1.807, 2.05) is 6.92 Å². The molecule has 86 valence electrons. The van der Waals surface area contributed by atoms with E-state index < -0.39 is 6.09 Å². The van der Waals surface area contributed by atoms with Gasteiger partial charge in [-0.05, 0) is 31.9 Å². The van der Waals surface area contributed by atoms with Crippen LogP contribution >= 0.6 is 0 Å². The Bertz CT molecular complexity index is 418. The Morgan fingerprint density at radius 2 is 2.38 bits per heavy atom. The molecule has 0 radical (unpaired) electrons. The van der Waals surface area contributed by atoms with Crippen LogP contribution < -0.4 is 10.6 Å². The third-order valence-corrected chi connectivity index (χ3v) is 2.76. The summed E-state index contributed by atoms with van der Waals surface area (Å²) in [5.74, 6) is 0. The number of anilines is 1. The number of hydrogen-bond acceptors (Lipinski definition) is 3. The van der Waals surface area contributed by atoms with Gasteiger partial charge in [0.2, 0.25) is 0 Å². The van der Waals surface area contributed by atoms with Crippen molar-refractivity contribution in [3.05, 3.63) is 23.5 Å². The van der Waals surface area contributed by atoms with Gasteiger partial charge >= 0.3 is 6.09 Å². The van der Waals surface area contributed by atoms with Gasteiger partial charge in [0.15, 0.2) is 0 Å². The summed E-state index contributed by atoms with van der Waals surface area (Å²) in [4.78, 5) is 16.8. The molecule has 5 heteroatoms. The molecule has 1 amide bonds. The summed E-state index contributed by atoms with van der Waals surface area (Å²) in [6, 6.07) is 3.48. The number of rotatable bonds is 1. The Morgan fingerprint density at radius 1 is 1.62 bits per heavy atom. The van der Waals surface area contributed by atoms with Crippen molar-refractivity contribution in [2.75, 3.05) is 11.4 Å². The Morgan fingerprint density at radius 3 is 3.00 bits per heavy atom. The maximum Gasteiger partial charge on any atom is 0.411 e. The van der Waals surface area contributed by atoms with Crippen LogP contribution in [-0.2, 0) is 6.42 Å². The average molecular weight is 221 g/mol. The fraction of sp³-hybridized carbons (Fsp3) is 0.455. The molecule has 1 aromatic heterocycles. The zero-order valence-corrected chi connectivity index (χ0v) is 9.18. The summed E-state index contributed by atoms with van der Waals surface area (Å²) in [7, 11) is 0. The molecule has 1 atom stereocenters. The zero-order chi connectivity index (χ0) is 11.7. The molecule has 2 rings (SSSR count). The minimum Gasteiger partial charge on any atom is -0.465 e. The van der Waals surface area contributed by atoms with Crippen LogP contribution in [0.2, 0.25) is 0 Å². The highest BCUT2D eigenvalue weighted by Crippen LogP contribution is 2.26. The smallest absolute Gasteiger partial charge is 0.411 e. The topological polar surface area (TPSA) is 79.5 Å². The van der Waals surface area contributed by atoms with E-state index in [0.717, 1.165) is 24.2 Å². The minimum absolute atomic E-state index is 0.120. The fourth-order valence-corrected chi connectivity index (χ4v) is 1.92. The van der Waals surface area contributed by atoms with Crippen molar-refractivity contribution in [1.82, 2.24) is 4.98 Å². The summed E-state index contributed by atoms with van der Waals surface area (Å²) in [6.07, 6.45) is 0.713. The first-order valence-corrected chi connectivity index (χ1v) is 5.35. The molecule has 0 aliphatic carbocycles. The van der Waals surface area contributed by atoms with Crippen LogP contribution in [0.5, 0.6) is 0 Å². The molecule has 0 saturated heterocycles. The molecule has 1 unspecified atom stereocenters. The maximum atomic E-state index is 11.0. The largest absolute Gasteiger partial charge is 0.465 e. The summed E-state index contributed by atoms with van der Waals surface area (Å²) in [5, 5.41) is 9.04. The number of aromatic nitrogens is 1. The van der Waals surface area contributed by atoms with Gasteiger partial charge in [0.1, 0.15) is 0 Å². The standard InChI is InChI=1S/C11H15N3O2/c1-7(12)8-4-5-10-9(13-8)3-2-6-14(10)11(15)16/h4-5,7H,2-3,6,12H2,1H3,(H,15,16). The lowest BCUT2D eigenvalue weighted by Gasteiger charge is -2.26. The van der Waals surface area contributed by atoms with Gasteiger partial charge in [0.25, 0.3) is 0 Å². The van der Waals surface area contributed by atoms with Crippen molar-refractivity contribution < 1.29 is 9.90 Å². The van der Waals surface area contributed by atoms with Gasteiger partial charge in [0.05, 0.1) is 17.1 Å². The van der Waals surface area contributed by atoms with Gasteiger partial charge in [-0.15, -0.1) is 0 Å². The van der Waals surface area contributed by atoms with Crippen LogP contribution in [-0.4, -0.2) is 22.7 Å². The average Bonchev–Trinajstić information content (AvgIpc) is 2.27. The first-order valence-electron chi connectivity index (χ1n) is 5.35. The van der Waals surface area contributed by atoms with Crippen molar-refractivity contribution in [1.29, 1.82) is 0 Å². The monoisotopic (exact) mass is 221 g/mol. The van der Waals surface area contributed by atoms with E-state index in [1.54, 1.807) is 12.1 Å². The molecule has 0 bridgehead atoms. The molecule has 5 nitrogen and oxygen atoms in total. The molecule has 2 heterocycles. The quantitative estimate of drug-likeness (QED) is 0.753. The maximum absolute atomic E-state index is 11.0. The van der Waals surface area contributed by atoms with Gasteiger partial charge in [-0.25, -0.2) is 4.79 Å². The second-order valence-corrected chi connectivity index (χ2v) is 4.03. The van der Waals surface area contributed by atoms with Crippen molar-refractivity contribution in [2.24, 2.45) is 5.73 Å².